The fraction of sp³-hybridized carbons (Fsp3) is 0.100. The molecule has 0 unspecified atom stereocenters. The Hall–Kier alpha value is -3.37. The minimum absolute atomic E-state index is 0.0518. The standard InChI is InChI=1S/C20H16N2O6S2/c23-12-6-7-15(14(11-12)19(26)27)21-17(24)8-9-22-18(25)16(30-20(22)29)5-1-3-13-4-2-10-28-13/h1-7,10-11,23H,8-9H2,(H,21,24)(H,26,27). The summed E-state index contributed by atoms with van der Waals surface area (Å²) in [5.41, 5.74) is -0.182. The number of benzene rings is 1. The molecule has 1 aliphatic rings. The summed E-state index contributed by atoms with van der Waals surface area (Å²) in [6, 6.07) is 7.14. The first-order valence-corrected chi connectivity index (χ1v) is 9.89. The number of carboxylic acids is 1. The first-order chi connectivity index (χ1) is 14.3. The SMILES string of the molecule is O=C(CCN1C(=O)C(=CC=Cc2ccco2)SC1=S)Nc1ccc(O)cc1C(=O)O. The van der Waals surface area contributed by atoms with Gasteiger partial charge in [-0.2, -0.15) is 0 Å². The number of furan rings is 1. The fourth-order valence-electron chi connectivity index (χ4n) is 2.57. The van der Waals surface area contributed by atoms with E-state index in [4.69, 9.17) is 16.6 Å². The number of phenols is 1. The summed E-state index contributed by atoms with van der Waals surface area (Å²) in [5.74, 6) is -1.66. The van der Waals surface area contributed by atoms with Crippen LogP contribution in [0, 0.1) is 0 Å². The molecule has 0 saturated carbocycles. The molecule has 1 aromatic carbocycles. The van der Waals surface area contributed by atoms with Crippen molar-refractivity contribution < 1.29 is 29.0 Å². The summed E-state index contributed by atoms with van der Waals surface area (Å²) in [6.45, 7) is 0.0518. The third-order valence-electron chi connectivity index (χ3n) is 3.99. The minimum atomic E-state index is -1.29. The van der Waals surface area contributed by atoms with Crippen molar-refractivity contribution in [2.24, 2.45) is 0 Å². The van der Waals surface area contributed by atoms with Crippen molar-refractivity contribution in [2.75, 3.05) is 11.9 Å². The largest absolute Gasteiger partial charge is 0.508 e. The van der Waals surface area contributed by atoms with E-state index in [0.29, 0.717) is 15.0 Å². The van der Waals surface area contributed by atoms with Crippen molar-refractivity contribution in [1.29, 1.82) is 0 Å². The lowest BCUT2D eigenvalue weighted by atomic mass is 10.1. The predicted molar refractivity (Wildman–Crippen MR) is 116 cm³/mol. The number of carboxylic acid groups (broad SMARTS) is 1. The van der Waals surface area contributed by atoms with Gasteiger partial charge in [0, 0.05) is 13.0 Å². The second-order valence-electron chi connectivity index (χ2n) is 6.06. The van der Waals surface area contributed by atoms with Crippen molar-refractivity contribution >= 4 is 57.8 Å². The van der Waals surface area contributed by atoms with E-state index < -0.39 is 11.9 Å². The molecule has 2 amide bonds. The summed E-state index contributed by atoms with van der Waals surface area (Å²) in [7, 11) is 0. The Bertz CT molecular complexity index is 1060. The maximum atomic E-state index is 12.5. The average molecular weight is 444 g/mol. The third-order valence-corrected chi connectivity index (χ3v) is 5.39. The first-order valence-electron chi connectivity index (χ1n) is 8.67. The molecule has 3 N–H and O–H groups in total. The van der Waals surface area contributed by atoms with E-state index in [9.17, 15) is 24.6 Å². The number of thioether (sulfide) groups is 1. The van der Waals surface area contributed by atoms with Crippen LogP contribution in [0.4, 0.5) is 5.69 Å². The smallest absolute Gasteiger partial charge is 0.337 e. The van der Waals surface area contributed by atoms with Crippen LogP contribution in [0.3, 0.4) is 0 Å². The van der Waals surface area contributed by atoms with Crippen LogP contribution in [-0.4, -0.2) is 43.8 Å². The van der Waals surface area contributed by atoms with E-state index in [2.05, 4.69) is 5.32 Å². The second-order valence-corrected chi connectivity index (χ2v) is 7.74. The zero-order valence-electron chi connectivity index (χ0n) is 15.4. The van der Waals surface area contributed by atoms with Gasteiger partial charge < -0.3 is 19.9 Å². The van der Waals surface area contributed by atoms with Gasteiger partial charge in [-0.05, 0) is 42.5 Å². The highest BCUT2D eigenvalue weighted by atomic mass is 32.2. The van der Waals surface area contributed by atoms with Gasteiger partial charge in [0.1, 0.15) is 15.8 Å². The molecule has 2 aromatic rings. The summed E-state index contributed by atoms with van der Waals surface area (Å²) >= 11 is 6.36. The number of amides is 2. The topological polar surface area (TPSA) is 120 Å². The highest BCUT2D eigenvalue weighted by Crippen LogP contribution is 2.31. The molecule has 1 aliphatic heterocycles. The Kier molecular flexibility index (Phi) is 6.70. The number of carbonyl (C=O) groups is 3. The van der Waals surface area contributed by atoms with Crippen molar-refractivity contribution in [3.63, 3.8) is 0 Å². The maximum Gasteiger partial charge on any atom is 0.337 e. The number of rotatable bonds is 7. The quantitative estimate of drug-likeness (QED) is 0.337. The first kappa shape index (κ1) is 21.3. The van der Waals surface area contributed by atoms with Crippen LogP contribution in [0.15, 0.2) is 58.1 Å². The number of carbonyl (C=O) groups excluding carboxylic acids is 2. The number of phenolic OH excluding ortho intramolecular Hbond substituents is 1. The van der Waals surface area contributed by atoms with Gasteiger partial charge in [0.05, 0.1) is 22.4 Å². The fourth-order valence-corrected chi connectivity index (χ4v) is 3.83. The maximum absolute atomic E-state index is 12.5. The van der Waals surface area contributed by atoms with Gasteiger partial charge in [0.2, 0.25) is 5.91 Å². The van der Waals surface area contributed by atoms with Crippen molar-refractivity contribution in [3.05, 3.63) is 65.0 Å². The molecule has 1 saturated heterocycles. The molecule has 0 aliphatic carbocycles. The van der Waals surface area contributed by atoms with Crippen LogP contribution in [-0.2, 0) is 9.59 Å². The van der Waals surface area contributed by atoms with Crippen molar-refractivity contribution in [1.82, 2.24) is 4.90 Å². The lowest BCUT2D eigenvalue weighted by Crippen LogP contribution is -2.31. The Balaban J connectivity index is 1.59. The van der Waals surface area contributed by atoms with E-state index in [1.54, 1.807) is 36.6 Å². The van der Waals surface area contributed by atoms with Gasteiger partial charge in [-0.25, -0.2) is 4.79 Å². The zero-order valence-corrected chi connectivity index (χ0v) is 17.0. The van der Waals surface area contributed by atoms with E-state index >= 15 is 0 Å². The summed E-state index contributed by atoms with van der Waals surface area (Å²) in [5, 5.41) is 21.1. The molecule has 0 atom stereocenters. The molecule has 0 spiro atoms. The van der Waals surface area contributed by atoms with Crippen LogP contribution in [0.5, 0.6) is 5.75 Å². The number of nitrogens with zero attached hydrogens (tertiary/aromatic N) is 1. The third kappa shape index (κ3) is 5.16. The normalized spacial score (nSPS) is 15.3. The highest BCUT2D eigenvalue weighted by molar-refractivity contribution is 8.26. The number of hydrogen-bond acceptors (Lipinski definition) is 7. The summed E-state index contributed by atoms with van der Waals surface area (Å²) in [6.07, 6.45) is 6.47. The summed E-state index contributed by atoms with van der Waals surface area (Å²) < 4.78 is 5.51. The molecule has 2 heterocycles. The number of hydrogen-bond donors (Lipinski definition) is 3. The second kappa shape index (κ2) is 9.42. The average Bonchev–Trinajstić information content (AvgIpc) is 3.30. The van der Waals surface area contributed by atoms with Crippen LogP contribution in [0.2, 0.25) is 0 Å². The van der Waals surface area contributed by atoms with Crippen molar-refractivity contribution in [3.8, 4) is 5.75 Å². The van der Waals surface area contributed by atoms with Crippen LogP contribution in [0.1, 0.15) is 22.5 Å². The monoisotopic (exact) mass is 444 g/mol. The molecule has 3 rings (SSSR count). The molecule has 8 nitrogen and oxygen atoms in total. The van der Waals surface area contributed by atoms with E-state index in [1.807, 2.05) is 0 Å². The van der Waals surface area contributed by atoms with E-state index in [-0.39, 0.29) is 35.9 Å². The van der Waals surface area contributed by atoms with Gasteiger partial charge >= 0.3 is 5.97 Å². The minimum Gasteiger partial charge on any atom is -0.508 e. The molecule has 30 heavy (non-hydrogen) atoms. The zero-order chi connectivity index (χ0) is 21.7. The Morgan fingerprint density at radius 3 is 2.80 bits per heavy atom. The molecular formula is C20H16N2O6S2. The molecule has 1 fully saturated rings. The lowest BCUT2D eigenvalue weighted by Gasteiger charge is -2.14. The van der Waals surface area contributed by atoms with Crippen LogP contribution in [0.25, 0.3) is 6.08 Å². The number of thiocarbonyl (C=S) groups is 1. The molecule has 1 aromatic heterocycles. The van der Waals surface area contributed by atoms with Crippen LogP contribution >= 0.6 is 24.0 Å². The highest BCUT2D eigenvalue weighted by Gasteiger charge is 2.31. The predicted octanol–water partition coefficient (Wildman–Crippen LogP) is 3.47. The van der Waals surface area contributed by atoms with Gasteiger partial charge in [0.15, 0.2) is 0 Å². The van der Waals surface area contributed by atoms with Gasteiger partial charge in [0.25, 0.3) is 5.91 Å². The van der Waals surface area contributed by atoms with E-state index in [1.165, 1.54) is 17.0 Å². The number of allylic oxidation sites excluding steroid dienone is 2. The molecule has 0 radical (unpaired) electrons. The Morgan fingerprint density at radius 1 is 1.30 bits per heavy atom. The molecule has 10 heteroatoms. The van der Waals surface area contributed by atoms with E-state index in [0.717, 1.165) is 17.8 Å². The van der Waals surface area contributed by atoms with Gasteiger partial charge in [-0.3, -0.25) is 14.5 Å². The number of nitrogens with one attached hydrogen (secondary N) is 1. The molecule has 0 bridgehead atoms. The number of aromatic carboxylic acids is 1. The van der Waals surface area contributed by atoms with Crippen LogP contribution < -0.4 is 5.32 Å². The number of anilines is 1. The number of aromatic hydroxyl groups is 1. The Morgan fingerprint density at radius 2 is 2.10 bits per heavy atom. The molecule has 154 valence electrons. The lowest BCUT2D eigenvalue weighted by molar-refractivity contribution is -0.122. The van der Waals surface area contributed by atoms with Gasteiger partial charge in [-0.1, -0.05) is 30.1 Å². The van der Waals surface area contributed by atoms with Gasteiger partial charge in [-0.15, -0.1) is 0 Å². The summed E-state index contributed by atoms with van der Waals surface area (Å²) in [4.78, 5) is 37.8. The molecular weight excluding hydrogens is 428 g/mol. The Labute approximate surface area is 180 Å². The van der Waals surface area contributed by atoms with Crippen molar-refractivity contribution in [2.45, 2.75) is 6.42 Å².